The second-order valence-electron chi connectivity index (χ2n) is 6.54. The fourth-order valence-electron chi connectivity index (χ4n) is 3.92. The molecule has 0 unspecified atom stereocenters. The van der Waals surface area contributed by atoms with Gasteiger partial charge in [-0.1, -0.05) is 5.16 Å². The Morgan fingerprint density at radius 2 is 2.17 bits per heavy atom. The number of carbonyl (C=O) groups is 1. The minimum atomic E-state index is 0.191. The zero-order valence-electron chi connectivity index (χ0n) is 13.7. The summed E-state index contributed by atoms with van der Waals surface area (Å²) in [6.07, 6.45) is 5.26. The Kier molecular flexibility index (Phi) is 3.26. The molecule has 2 fully saturated rings. The van der Waals surface area contributed by atoms with E-state index < -0.39 is 0 Å². The number of fused-ring (bicyclic) bond motifs is 1. The van der Waals surface area contributed by atoms with Crippen LogP contribution in [-0.2, 0) is 18.4 Å². The van der Waals surface area contributed by atoms with Gasteiger partial charge in [0.05, 0.1) is 23.6 Å². The quantitative estimate of drug-likeness (QED) is 0.856. The summed E-state index contributed by atoms with van der Waals surface area (Å²) >= 11 is 0. The maximum atomic E-state index is 12.5. The number of anilines is 1. The number of rotatable bonds is 3. The first-order valence-corrected chi connectivity index (χ1v) is 8.01. The van der Waals surface area contributed by atoms with E-state index in [1.54, 1.807) is 10.9 Å². The molecule has 0 radical (unpaired) electrons. The molecule has 7 nitrogen and oxygen atoms in total. The summed E-state index contributed by atoms with van der Waals surface area (Å²) in [6.45, 7) is 5.71. The summed E-state index contributed by atoms with van der Waals surface area (Å²) in [4.78, 5) is 16.8. The SMILES string of the molecule is Cc1noc(C)c1CN1CC[C@H]2[C@H]1CC(=O)N2c1cnn(C)c1. The monoisotopic (exact) mass is 315 g/mol. The minimum absolute atomic E-state index is 0.191. The lowest BCUT2D eigenvalue weighted by Gasteiger charge is -2.24. The summed E-state index contributed by atoms with van der Waals surface area (Å²) in [5.41, 5.74) is 3.00. The van der Waals surface area contributed by atoms with Gasteiger partial charge in [0.15, 0.2) is 0 Å². The zero-order chi connectivity index (χ0) is 16.1. The number of hydrogen-bond donors (Lipinski definition) is 0. The van der Waals surface area contributed by atoms with Gasteiger partial charge < -0.3 is 9.42 Å². The van der Waals surface area contributed by atoms with Crippen LogP contribution in [0.3, 0.4) is 0 Å². The van der Waals surface area contributed by atoms with E-state index in [4.69, 9.17) is 4.52 Å². The molecule has 2 aromatic heterocycles. The van der Waals surface area contributed by atoms with Crippen molar-refractivity contribution in [3.8, 4) is 0 Å². The Balaban J connectivity index is 1.56. The molecule has 0 aliphatic carbocycles. The van der Waals surface area contributed by atoms with Crippen LogP contribution in [0.2, 0.25) is 0 Å². The lowest BCUT2D eigenvalue weighted by molar-refractivity contribution is -0.117. The van der Waals surface area contributed by atoms with Crippen molar-refractivity contribution in [3.05, 3.63) is 29.4 Å². The maximum Gasteiger partial charge on any atom is 0.229 e. The largest absolute Gasteiger partial charge is 0.361 e. The summed E-state index contributed by atoms with van der Waals surface area (Å²) in [5.74, 6) is 1.07. The van der Waals surface area contributed by atoms with Gasteiger partial charge >= 0.3 is 0 Å². The average molecular weight is 315 g/mol. The normalized spacial score (nSPS) is 24.7. The van der Waals surface area contributed by atoms with Crippen LogP contribution in [0, 0.1) is 13.8 Å². The van der Waals surface area contributed by atoms with Gasteiger partial charge in [0.25, 0.3) is 0 Å². The predicted molar refractivity (Wildman–Crippen MR) is 83.9 cm³/mol. The molecule has 2 atom stereocenters. The molecule has 23 heavy (non-hydrogen) atoms. The second-order valence-corrected chi connectivity index (χ2v) is 6.54. The Morgan fingerprint density at radius 3 is 2.83 bits per heavy atom. The molecule has 0 aromatic carbocycles. The van der Waals surface area contributed by atoms with Gasteiger partial charge in [0.1, 0.15) is 5.76 Å². The number of hydrogen-bond acceptors (Lipinski definition) is 5. The first-order chi connectivity index (χ1) is 11.0. The van der Waals surface area contributed by atoms with Crippen molar-refractivity contribution >= 4 is 11.6 Å². The smallest absolute Gasteiger partial charge is 0.229 e. The highest BCUT2D eigenvalue weighted by Crippen LogP contribution is 2.36. The fraction of sp³-hybridized carbons (Fsp3) is 0.562. The third-order valence-corrected chi connectivity index (χ3v) is 5.12. The lowest BCUT2D eigenvalue weighted by atomic mass is 10.1. The highest BCUT2D eigenvalue weighted by molar-refractivity contribution is 5.97. The van der Waals surface area contributed by atoms with Crippen molar-refractivity contribution < 1.29 is 9.32 Å². The van der Waals surface area contributed by atoms with E-state index in [1.807, 2.05) is 32.0 Å². The molecule has 2 aliphatic rings. The van der Waals surface area contributed by atoms with Crippen molar-refractivity contribution in [2.24, 2.45) is 7.05 Å². The number of aromatic nitrogens is 3. The second kappa shape index (κ2) is 5.19. The fourth-order valence-corrected chi connectivity index (χ4v) is 3.92. The minimum Gasteiger partial charge on any atom is -0.361 e. The van der Waals surface area contributed by atoms with Crippen LogP contribution < -0.4 is 4.90 Å². The molecule has 7 heteroatoms. The van der Waals surface area contributed by atoms with Gasteiger partial charge in [0, 0.05) is 44.4 Å². The number of likely N-dealkylation sites (tertiary alicyclic amines) is 1. The van der Waals surface area contributed by atoms with Gasteiger partial charge in [-0.2, -0.15) is 5.10 Å². The van der Waals surface area contributed by atoms with Crippen LogP contribution in [0.25, 0.3) is 0 Å². The summed E-state index contributed by atoms with van der Waals surface area (Å²) in [6, 6.07) is 0.503. The van der Waals surface area contributed by atoms with E-state index >= 15 is 0 Å². The lowest BCUT2D eigenvalue weighted by Crippen LogP contribution is -2.37. The zero-order valence-corrected chi connectivity index (χ0v) is 13.7. The molecular formula is C16H21N5O2. The number of aryl methyl sites for hydroxylation is 3. The molecule has 2 saturated heterocycles. The third kappa shape index (κ3) is 2.26. The number of carbonyl (C=O) groups excluding carboxylic acids is 1. The van der Waals surface area contributed by atoms with Crippen molar-refractivity contribution in [2.45, 2.75) is 45.3 Å². The van der Waals surface area contributed by atoms with Crippen molar-refractivity contribution in [1.82, 2.24) is 19.8 Å². The Bertz CT molecular complexity index is 730. The topological polar surface area (TPSA) is 67.4 Å². The van der Waals surface area contributed by atoms with Crippen molar-refractivity contribution in [1.29, 1.82) is 0 Å². The van der Waals surface area contributed by atoms with Crippen molar-refractivity contribution in [2.75, 3.05) is 11.4 Å². The standard InChI is InChI=1S/C16H21N5O2/c1-10-13(11(2)23-18-10)9-20-5-4-14-15(20)6-16(22)21(14)12-7-17-19(3)8-12/h7-8,14-15H,4-6,9H2,1-3H3/t14-,15+/m0/s1. The molecule has 4 heterocycles. The maximum absolute atomic E-state index is 12.5. The Morgan fingerprint density at radius 1 is 1.35 bits per heavy atom. The van der Waals surface area contributed by atoms with Crippen LogP contribution >= 0.6 is 0 Å². The van der Waals surface area contributed by atoms with Gasteiger partial charge in [-0.05, 0) is 20.3 Å². The average Bonchev–Trinajstić information content (AvgIpc) is 3.23. The molecule has 0 N–H and O–H groups in total. The van der Waals surface area contributed by atoms with Crippen LogP contribution in [-0.4, -0.2) is 44.4 Å². The van der Waals surface area contributed by atoms with E-state index in [0.717, 1.165) is 42.2 Å². The molecule has 4 rings (SSSR count). The van der Waals surface area contributed by atoms with Crippen molar-refractivity contribution in [3.63, 3.8) is 0 Å². The van der Waals surface area contributed by atoms with Gasteiger partial charge in [-0.25, -0.2) is 0 Å². The highest BCUT2D eigenvalue weighted by Gasteiger charge is 2.47. The van der Waals surface area contributed by atoms with E-state index in [9.17, 15) is 4.79 Å². The van der Waals surface area contributed by atoms with Crippen LogP contribution in [0.1, 0.15) is 29.9 Å². The Labute approximate surface area is 134 Å². The summed E-state index contributed by atoms with van der Waals surface area (Å²) in [7, 11) is 1.87. The molecule has 0 spiro atoms. The van der Waals surface area contributed by atoms with E-state index in [0.29, 0.717) is 6.42 Å². The van der Waals surface area contributed by atoms with E-state index in [1.165, 1.54) is 0 Å². The number of amides is 1. The molecule has 1 amide bonds. The predicted octanol–water partition coefficient (Wildman–Crippen LogP) is 1.40. The highest BCUT2D eigenvalue weighted by atomic mass is 16.5. The summed E-state index contributed by atoms with van der Waals surface area (Å²) in [5, 5.41) is 8.24. The van der Waals surface area contributed by atoms with Gasteiger partial charge in [-0.3, -0.25) is 14.4 Å². The Hall–Kier alpha value is -2.15. The summed E-state index contributed by atoms with van der Waals surface area (Å²) < 4.78 is 7.01. The van der Waals surface area contributed by atoms with E-state index in [2.05, 4.69) is 15.2 Å². The first-order valence-electron chi connectivity index (χ1n) is 8.01. The molecule has 2 aliphatic heterocycles. The molecular weight excluding hydrogens is 294 g/mol. The van der Waals surface area contributed by atoms with Gasteiger partial charge in [-0.15, -0.1) is 0 Å². The van der Waals surface area contributed by atoms with E-state index in [-0.39, 0.29) is 18.0 Å². The molecule has 2 aromatic rings. The van der Waals surface area contributed by atoms with Crippen LogP contribution in [0.15, 0.2) is 16.9 Å². The number of nitrogens with zero attached hydrogens (tertiary/aromatic N) is 5. The third-order valence-electron chi connectivity index (χ3n) is 5.12. The van der Waals surface area contributed by atoms with Crippen LogP contribution in [0.4, 0.5) is 5.69 Å². The van der Waals surface area contributed by atoms with Crippen LogP contribution in [0.5, 0.6) is 0 Å². The first kappa shape index (κ1) is 14.4. The molecule has 122 valence electrons. The molecule has 0 saturated carbocycles. The molecule has 0 bridgehead atoms. The van der Waals surface area contributed by atoms with Gasteiger partial charge in [0.2, 0.25) is 5.91 Å².